The smallest absolute Gasteiger partial charge is 0.227 e. The average Bonchev–Trinajstić information content (AvgIpc) is 3.12. The number of carbonyl (C=O) groups excluding carboxylic acids is 2. The van der Waals surface area contributed by atoms with Crippen LogP contribution in [0.25, 0.3) is 0 Å². The van der Waals surface area contributed by atoms with Gasteiger partial charge in [-0.25, -0.2) is 0 Å². The predicted molar refractivity (Wildman–Crippen MR) is 69.3 cm³/mol. The molecule has 2 fully saturated rings. The van der Waals surface area contributed by atoms with Crippen molar-refractivity contribution >= 4 is 11.8 Å². The van der Waals surface area contributed by atoms with Crippen LogP contribution in [0.4, 0.5) is 0 Å². The first-order chi connectivity index (χ1) is 9.22. The number of carbonyl (C=O) groups is 2. The van der Waals surface area contributed by atoms with Crippen molar-refractivity contribution in [1.29, 1.82) is 0 Å². The van der Waals surface area contributed by atoms with Crippen molar-refractivity contribution in [3.63, 3.8) is 0 Å². The van der Waals surface area contributed by atoms with Gasteiger partial charge in [-0.1, -0.05) is 12.2 Å². The third-order valence-corrected chi connectivity index (χ3v) is 4.52. The topological polar surface area (TPSA) is 58.6 Å². The maximum Gasteiger partial charge on any atom is 0.227 e. The quantitative estimate of drug-likeness (QED) is 0.731. The summed E-state index contributed by atoms with van der Waals surface area (Å²) in [7, 11) is 1.64. The Balaban J connectivity index is 1.75. The van der Waals surface area contributed by atoms with Crippen molar-refractivity contribution in [3.8, 4) is 0 Å². The number of nitrogens with one attached hydrogen (secondary N) is 1. The molecule has 3 atom stereocenters. The van der Waals surface area contributed by atoms with Crippen LogP contribution in [0.3, 0.4) is 0 Å². The van der Waals surface area contributed by atoms with Gasteiger partial charge in [0, 0.05) is 26.1 Å². The van der Waals surface area contributed by atoms with E-state index in [9.17, 15) is 9.59 Å². The Morgan fingerprint density at radius 2 is 2.05 bits per heavy atom. The highest BCUT2D eigenvalue weighted by atomic mass is 16.5. The Morgan fingerprint density at radius 1 is 1.32 bits per heavy atom. The summed E-state index contributed by atoms with van der Waals surface area (Å²) in [6.45, 7) is 1.15. The minimum Gasteiger partial charge on any atom is -0.375 e. The fourth-order valence-electron chi connectivity index (χ4n) is 3.49. The van der Waals surface area contributed by atoms with Crippen molar-refractivity contribution in [2.75, 3.05) is 20.2 Å². The zero-order valence-electron chi connectivity index (χ0n) is 11.2. The van der Waals surface area contributed by atoms with Gasteiger partial charge in [0.15, 0.2) is 0 Å². The Kier molecular flexibility index (Phi) is 3.31. The average molecular weight is 264 g/mol. The minimum absolute atomic E-state index is 0.0169. The molecule has 3 aliphatic rings. The summed E-state index contributed by atoms with van der Waals surface area (Å²) < 4.78 is 5.69. The second-order valence-corrected chi connectivity index (χ2v) is 5.54. The van der Waals surface area contributed by atoms with Crippen molar-refractivity contribution in [3.05, 3.63) is 12.2 Å². The second-order valence-electron chi connectivity index (χ2n) is 5.54. The predicted octanol–water partition coefficient (Wildman–Crippen LogP) is 0.315. The molecule has 2 amide bonds. The van der Waals surface area contributed by atoms with Crippen LogP contribution >= 0.6 is 0 Å². The zero-order chi connectivity index (χ0) is 13.4. The van der Waals surface area contributed by atoms with Crippen LogP contribution in [0.15, 0.2) is 12.2 Å². The van der Waals surface area contributed by atoms with E-state index in [1.807, 2.05) is 4.90 Å². The van der Waals surface area contributed by atoms with Crippen LogP contribution < -0.4 is 5.32 Å². The maximum atomic E-state index is 12.5. The van der Waals surface area contributed by atoms with E-state index in [1.165, 1.54) is 0 Å². The van der Waals surface area contributed by atoms with Crippen LogP contribution in [0, 0.1) is 11.8 Å². The highest BCUT2D eigenvalue weighted by Crippen LogP contribution is 2.35. The SMILES string of the molecule is CNC(=O)[C@@H]1CN(C(=O)C2CC=CC2)[C@H]2CCO[C@@H]12. The van der Waals surface area contributed by atoms with Gasteiger partial charge in [-0.2, -0.15) is 0 Å². The molecule has 1 aliphatic carbocycles. The van der Waals surface area contributed by atoms with Gasteiger partial charge in [-0.3, -0.25) is 9.59 Å². The first-order valence-electron chi connectivity index (χ1n) is 7.01. The summed E-state index contributed by atoms with van der Waals surface area (Å²) in [4.78, 5) is 26.3. The van der Waals surface area contributed by atoms with E-state index in [-0.39, 0.29) is 35.8 Å². The summed E-state index contributed by atoms with van der Waals surface area (Å²) >= 11 is 0. The third-order valence-electron chi connectivity index (χ3n) is 4.52. The third kappa shape index (κ3) is 2.06. The molecular weight excluding hydrogens is 244 g/mol. The number of rotatable bonds is 2. The van der Waals surface area contributed by atoms with Crippen LogP contribution in [-0.2, 0) is 14.3 Å². The molecule has 0 aromatic heterocycles. The van der Waals surface area contributed by atoms with Crippen molar-refractivity contribution in [2.45, 2.75) is 31.4 Å². The molecule has 0 aromatic carbocycles. The molecule has 5 nitrogen and oxygen atoms in total. The van der Waals surface area contributed by atoms with Gasteiger partial charge < -0.3 is 15.0 Å². The lowest BCUT2D eigenvalue weighted by Crippen LogP contribution is -2.40. The van der Waals surface area contributed by atoms with Crippen molar-refractivity contribution in [2.24, 2.45) is 11.8 Å². The molecule has 1 N–H and O–H groups in total. The van der Waals surface area contributed by atoms with Crippen LogP contribution in [0.1, 0.15) is 19.3 Å². The van der Waals surface area contributed by atoms with E-state index in [4.69, 9.17) is 4.74 Å². The molecule has 0 spiro atoms. The number of nitrogens with zero attached hydrogens (tertiary/aromatic N) is 1. The van der Waals surface area contributed by atoms with Gasteiger partial charge in [0.05, 0.1) is 18.1 Å². The molecule has 3 rings (SSSR count). The molecule has 19 heavy (non-hydrogen) atoms. The minimum atomic E-state index is -0.212. The first kappa shape index (κ1) is 12.7. The Morgan fingerprint density at radius 3 is 2.74 bits per heavy atom. The fraction of sp³-hybridized carbons (Fsp3) is 0.714. The van der Waals surface area contributed by atoms with Gasteiger partial charge in [0.1, 0.15) is 0 Å². The number of amides is 2. The van der Waals surface area contributed by atoms with Gasteiger partial charge >= 0.3 is 0 Å². The lowest BCUT2D eigenvalue weighted by atomic mass is 10.0. The van der Waals surface area contributed by atoms with E-state index in [2.05, 4.69) is 17.5 Å². The summed E-state index contributed by atoms with van der Waals surface area (Å²) in [5, 5.41) is 2.68. The van der Waals surface area contributed by atoms with Crippen LogP contribution in [0.5, 0.6) is 0 Å². The fourth-order valence-corrected chi connectivity index (χ4v) is 3.49. The van der Waals surface area contributed by atoms with Gasteiger partial charge in [-0.05, 0) is 19.3 Å². The monoisotopic (exact) mass is 264 g/mol. The standard InChI is InChI=1S/C14H20N2O3/c1-15-13(17)10-8-16(11-6-7-19-12(10)11)14(18)9-4-2-3-5-9/h2-3,9-12H,4-8H2,1H3,(H,15,17)/t10-,11+,12+/m1/s1. The molecule has 2 heterocycles. The summed E-state index contributed by atoms with van der Waals surface area (Å²) in [6, 6.07) is 0.0930. The second kappa shape index (κ2) is 4.96. The van der Waals surface area contributed by atoms with Gasteiger partial charge in [0.25, 0.3) is 0 Å². The highest BCUT2D eigenvalue weighted by Gasteiger charge is 2.50. The lowest BCUT2D eigenvalue weighted by molar-refractivity contribution is -0.136. The normalized spacial score (nSPS) is 33.7. The number of fused-ring (bicyclic) bond motifs is 1. The summed E-state index contributed by atoms with van der Waals surface area (Å²) in [5.41, 5.74) is 0. The molecule has 5 heteroatoms. The first-order valence-corrected chi connectivity index (χ1v) is 7.01. The molecule has 2 aliphatic heterocycles. The Bertz CT molecular complexity index is 413. The van der Waals surface area contributed by atoms with Crippen LogP contribution in [-0.4, -0.2) is 49.1 Å². The Labute approximate surface area is 113 Å². The Hall–Kier alpha value is -1.36. The number of likely N-dealkylation sites (tertiary alicyclic amines) is 1. The molecular formula is C14H20N2O3. The molecule has 0 radical (unpaired) electrons. The van der Waals surface area contributed by atoms with E-state index in [0.29, 0.717) is 13.2 Å². The van der Waals surface area contributed by atoms with E-state index in [0.717, 1.165) is 19.3 Å². The number of ether oxygens (including phenoxy) is 1. The molecule has 104 valence electrons. The van der Waals surface area contributed by atoms with Crippen LogP contribution in [0.2, 0.25) is 0 Å². The maximum absolute atomic E-state index is 12.5. The lowest BCUT2D eigenvalue weighted by Gasteiger charge is -2.25. The molecule has 0 unspecified atom stereocenters. The van der Waals surface area contributed by atoms with E-state index < -0.39 is 0 Å². The largest absolute Gasteiger partial charge is 0.375 e. The highest BCUT2D eigenvalue weighted by molar-refractivity contribution is 5.84. The van der Waals surface area contributed by atoms with Gasteiger partial charge in [-0.15, -0.1) is 0 Å². The number of hydrogen-bond acceptors (Lipinski definition) is 3. The van der Waals surface area contributed by atoms with E-state index >= 15 is 0 Å². The molecule has 0 saturated carbocycles. The molecule has 2 saturated heterocycles. The summed E-state index contributed by atoms with van der Waals surface area (Å²) in [5.74, 6) is 0.0363. The van der Waals surface area contributed by atoms with Crippen molar-refractivity contribution in [1.82, 2.24) is 10.2 Å². The van der Waals surface area contributed by atoms with Crippen molar-refractivity contribution < 1.29 is 14.3 Å². The number of hydrogen-bond donors (Lipinski definition) is 1. The van der Waals surface area contributed by atoms with E-state index in [1.54, 1.807) is 7.05 Å². The molecule has 0 aromatic rings. The zero-order valence-corrected chi connectivity index (χ0v) is 11.2. The van der Waals surface area contributed by atoms with Gasteiger partial charge in [0.2, 0.25) is 11.8 Å². The number of allylic oxidation sites excluding steroid dienone is 2. The summed E-state index contributed by atoms with van der Waals surface area (Å²) in [6.07, 6.45) is 6.54. The molecule has 0 bridgehead atoms.